The molecule has 7 heteroatoms. The Morgan fingerprint density at radius 2 is 1.82 bits per heavy atom. The minimum atomic E-state index is -1.19. The van der Waals surface area contributed by atoms with Crippen LogP contribution in [0.2, 0.25) is 0 Å². The summed E-state index contributed by atoms with van der Waals surface area (Å²) >= 11 is 0. The van der Waals surface area contributed by atoms with E-state index < -0.39 is 36.0 Å². The SMILES string of the molecule is CNC(=O)C(CC(=O)O)NC(=O)OC(C)(C)C. The van der Waals surface area contributed by atoms with E-state index in [4.69, 9.17) is 9.84 Å². The van der Waals surface area contributed by atoms with Crippen LogP contribution in [0.3, 0.4) is 0 Å². The molecule has 0 bridgehead atoms. The largest absolute Gasteiger partial charge is 0.481 e. The molecule has 1 unspecified atom stereocenters. The summed E-state index contributed by atoms with van der Waals surface area (Å²) in [7, 11) is 1.36. The quantitative estimate of drug-likeness (QED) is 0.652. The fourth-order valence-electron chi connectivity index (χ4n) is 1.01. The van der Waals surface area contributed by atoms with Gasteiger partial charge in [0.05, 0.1) is 6.42 Å². The number of hydrogen-bond acceptors (Lipinski definition) is 4. The molecular weight excluding hydrogens is 228 g/mol. The second kappa shape index (κ2) is 6.07. The van der Waals surface area contributed by atoms with Crippen LogP contribution in [0.15, 0.2) is 0 Å². The zero-order chi connectivity index (χ0) is 13.6. The number of rotatable bonds is 4. The van der Waals surface area contributed by atoms with E-state index in [0.717, 1.165) is 0 Å². The third-order valence-electron chi connectivity index (χ3n) is 1.63. The van der Waals surface area contributed by atoms with Gasteiger partial charge in [-0.15, -0.1) is 0 Å². The Morgan fingerprint density at radius 3 is 2.18 bits per heavy atom. The van der Waals surface area contributed by atoms with Gasteiger partial charge >= 0.3 is 12.1 Å². The van der Waals surface area contributed by atoms with Gasteiger partial charge in [-0.05, 0) is 20.8 Å². The van der Waals surface area contributed by atoms with Crippen molar-refractivity contribution < 1.29 is 24.2 Å². The fourth-order valence-corrected chi connectivity index (χ4v) is 1.01. The maximum absolute atomic E-state index is 11.4. The van der Waals surface area contributed by atoms with Gasteiger partial charge in [0.25, 0.3) is 0 Å². The molecule has 0 aromatic rings. The van der Waals surface area contributed by atoms with Crippen molar-refractivity contribution in [2.24, 2.45) is 0 Å². The van der Waals surface area contributed by atoms with E-state index >= 15 is 0 Å². The first kappa shape index (κ1) is 15.2. The van der Waals surface area contributed by atoms with Gasteiger partial charge in [-0.3, -0.25) is 9.59 Å². The second-order valence-corrected chi connectivity index (χ2v) is 4.41. The van der Waals surface area contributed by atoms with Crippen molar-refractivity contribution in [1.29, 1.82) is 0 Å². The lowest BCUT2D eigenvalue weighted by molar-refractivity contribution is -0.139. The average Bonchev–Trinajstić information content (AvgIpc) is 2.11. The molecule has 0 rings (SSSR count). The highest BCUT2D eigenvalue weighted by Crippen LogP contribution is 2.07. The summed E-state index contributed by atoms with van der Waals surface area (Å²) in [6.07, 6.45) is -1.33. The third-order valence-corrected chi connectivity index (χ3v) is 1.63. The molecule has 0 spiro atoms. The van der Waals surface area contributed by atoms with Gasteiger partial charge < -0.3 is 20.5 Å². The number of alkyl carbamates (subject to hydrolysis) is 1. The molecule has 0 saturated carbocycles. The van der Waals surface area contributed by atoms with Crippen LogP contribution >= 0.6 is 0 Å². The van der Waals surface area contributed by atoms with Gasteiger partial charge in [0, 0.05) is 7.05 Å². The third kappa shape index (κ3) is 7.15. The Morgan fingerprint density at radius 1 is 1.29 bits per heavy atom. The molecular formula is C10H18N2O5. The van der Waals surface area contributed by atoms with Crippen LogP contribution in [0.5, 0.6) is 0 Å². The second-order valence-electron chi connectivity index (χ2n) is 4.41. The highest BCUT2D eigenvalue weighted by atomic mass is 16.6. The number of carboxylic acids is 1. The van der Waals surface area contributed by atoms with Gasteiger partial charge in [-0.25, -0.2) is 4.79 Å². The Labute approximate surface area is 99.5 Å². The molecule has 17 heavy (non-hydrogen) atoms. The van der Waals surface area contributed by atoms with Gasteiger partial charge in [0.2, 0.25) is 5.91 Å². The molecule has 0 saturated heterocycles. The van der Waals surface area contributed by atoms with E-state index in [-0.39, 0.29) is 0 Å². The predicted molar refractivity (Wildman–Crippen MR) is 59.5 cm³/mol. The van der Waals surface area contributed by atoms with E-state index in [0.29, 0.717) is 0 Å². The Hall–Kier alpha value is -1.79. The first-order valence-electron chi connectivity index (χ1n) is 5.08. The molecule has 0 radical (unpaired) electrons. The van der Waals surface area contributed by atoms with Crippen LogP contribution in [0.1, 0.15) is 27.2 Å². The van der Waals surface area contributed by atoms with Crippen molar-refractivity contribution in [2.75, 3.05) is 7.05 Å². The van der Waals surface area contributed by atoms with Crippen molar-refractivity contribution in [3.63, 3.8) is 0 Å². The van der Waals surface area contributed by atoms with Crippen molar-refractivity contribution in [1.82, 2.24) is 10.6 Å². The molecule has 0 heterocycles. The van der Waals surface area contributed by atoms with Gasteiger partial charge in [-0.1, -0.05) is 0 Å². The van der Waals surface area contributed by atoms with Crippen molar-refractivity contribution in [3.05, 3.63) is 0 Å². The standard InChI is InChI=1S/C10H18N2O5/c1-10(2,3)17-9(16)12-6(5-7(13)14)8(15)11-4/h6H,5H2,1-4H3,(H,11,15)(H,12,16)(H,13,14). The maximum atomic E-state index is 11.4. The minimum absolute atomic E-state index is 0.501. The fraction of sp³-hybridized carbons (Fsp3) is 0.700. The summed E-state index contributed by atoms with van der Waals surface area (Å²) in [5.41, 5.74) is -0.708. The predicted octanol–water partition coefficient (Wildman–Crippen LogP) is 0.100. The molecule has 1 atom stereocenters. The summed E-state index contributed by atoms with van der Waals surface area (Å²) in [6.45, 7) is 5.00. The lowest BCUT2D eigenvalue weighted by atomic mass is 10.2. The molecule has 0 fully saturated rings. The Balaban J connectivity index is 4.48. The van der Waals surface area contributed by atoms with Crippen LogP contribution in [-0.4, -0.2) is 41.8 Å². The number of hydrogen-bond donors (Lipinski definition) is 3. The number of likely N-dealkylation sites (N-methyl/N-ethyl adjacent to an activating group) is 1. The highest BCUT2D eigenvalue weighted by Gasteiger charge is 2.25. The molecule has 7 nitrogen and oxygen atoms in total. The van der Waals surface area contributed by atoms with Gasteiger partial charge in [-0.2, -0.15) is 0 Å². The van der Waals surface area contributed by atoms with Crippen LogP contribution in [0, 0.1) is 0 Å². The lowest BCUT2D eigenvalue weighted by Crippen LogP contribution is -2.48. The number of carbonyl (C=O) groups is 3. The molecule has 0 aromatic carbocycles. The van der Waals surface area contributed by atoms with Crippen LogP contribution < -0.4 is 10.6 Å². The molecule has 98 valence electrons. The minimum Gasteiger partial charge on any atom is -0.481 e. The van der Waals surface area contributed by atoms with E-state index in [9.17, 15) is 14.4 Å². The normalized spacial score (nSPS) is 12.5. The molecule has 3 N–H and O–H groups in total. The summed E-state index contributed by atoms with van der Waals surface area (Å²) in [6, 6.07) is -1.15. The Kier molecular flexibility index (Phi) is 5.43. The lowest BCUT2D eigenvalue weighted by Gasteiger charge is -2.22. The molecule has 0 aliphatic heterocycles. The topological polar surface area (TPSA) is 105 Å². The number of aliphatic carboxylic acids is 1. The molecule has 0 aliphatic rings. The molecule has 0 aromatic heterocycles. The van der Waals surface area contributed by atoms with Gasteiger partial charge in [0.15, 0.2) is 0 Å². The maximum Gasteiger partial charge on any atom is 0.408 e. The number of carboxylic acid groups (broad SMARTS) is 1. The van der Waals surface area contributed by atoms with E-state index in [1.807, 2.05) is 0 Å². The van der Waals surface area contributed by atoms with Crippen molar-refractivity contribution in [3.8, 4) is 0 Å². The molecule has 0 aliphatic carbocycles. The zero-order valence-corrected chi connectivity index (χ0v) is 10.4. The van der Waals surface area contributed by atoms with Crippen molar-refractivity contribution in [2.45, 2.75) is 38.8 Å². The summed E-state index contributed by atoms with van der Waals surface area (Å²) in [5, 5.41) is 13.1. The smallest absolute Gasteiger partial charge is 0.408 e. The van der Waals surface area contributed by atoms with Gasteiger partial charge in [0.1, 0.15) is 11.6 Å². The van der Waals surface area contributed by atoms with E-state index in [1.54, 1.807) is 20.8 Å². The molecule has 2 amide bonds. The number of ether oxygens (including phenoxy) is 1. The average molecular weight is 246 g/mol. The zero-order valence-electron chi connectivity index (χ0n) is 10.4. The van der Waals surface area contributed by atoms with E-state index in [1.165, 1.54) is 7.05 Å². The summed E-state index contributed by atoms with van der Waals surface area (Å²) in [5.74, 6) is -1.77. The first-order valence-corrected chi connectivity index (χ1v) is 5.08. The van der Waals surface area contributed by atoms with Crippen molar-refractivity contribution >= 4 is 18.0 Å². The van der Waals surface area contributed by atoms with Crippen LogP contribution in [0.4, 0.5) is 4.79 Å². The van der Waals surface area contributed by atoms with Crippen LogP contribution in [-0.2, 0) is 14.3 Å². The highest BCUT2D eigenvalue weighted by molar-refractivity contribution is 5.89. The number of amides is 2. The van der Waals surface area contributed by atoms with E-state index in [2.05, 4.69) is 10.6 Å². The summed E-state index contributed by atoms with van der Waals surface area (Å²) in [4.78, 5) is 33.2. The summed E-state index contributed by atoms with van der Waals surface area (Å²) < 4.78 is 4.92. The Bertz CT molecular complexity index is 308. The number of carbonyl (C=O) groups excluding carboxylic acids is 2. The first-order chi connectivity index (χ1) is 7.65. The monoisotopic (exact) mass is 246 g/mol. The van der Waals surface area contributed by atoms with Crippen LogP contribution in [0.25, 0.3) is 0 Å². The number of nitrogens with one attached hydrogen (secondary N) is 2.